The lowest BCUT2D eigenvalue weighted by atomic mass is 9.59. The molecule has 5 aromatic rings. The van der Waals surface area contributed by atoms with Gasteiger partial charge in [-0.2, -0.15) is 0 Å². The van der Waals surface area contributed by atoms with Crippen LogP contribution in [0.5, 0.6) is 0 Å². The first-order valence-electron chi connectivity index (χ1n) is 33.2. The van der Waals surface area contributed by atoms with Crippen LogP contribution in [0.4, 0.5) is 17.1 Å². The van der Waals surface area contributed by atoms with Crippen LogP contribution in [-0.2, 0) is 21.7 Å². The van der Waals surface area contributed by atoms with Gasteiger partial charge in [-0.05, 0) is 102 Å². The van der Waals surface area contributed by atoms with Crippen molar-refractivity contribution >= 4 is 17.1 Å². The molecule has 0 radical (unpaired) electrons. The maximum absolute atomic E-state index is 9.04. The van der Waals surface area contributed by atoms with Crippen molar-refractivity contribution < 1.29 is 49.3 Å². The summed E-state index contributed by atoms with van der Waals surface area (Å²) in [4.78, 5) is 1.49. The molecule has 0 N–H and O–H groups in total. The van der Waals surface area contributed by atoms with Crippen molar-refractivity contribution in [2.75, 3.05) is 4.90 Å². The fraction of sp³-hybridized carbons (Fsp3) is 0.375. The van der Waals surface area contributed by atoms with Crippen LogP contribution in [-0.4, -0.2) is 0 Å². The predicted octanol–water partition coefficient (Wildman–Crippen LogP) is 13.7. The van der Waals surface area contributed by atoms with Gasteiger partial charge in [0, 0.05) is 66.3 Å². The highest BCUT2D eigenvalue weighted by atomic mass is 15.1. The SMILES string of the molecule is [2H]C([2H])([2H])C1(C([2H])([2H])[2H])c2ccc(-c3ccc(-c4ccc5c(c4)C(C([2H])([2H])[2H])(C([2H])([2H])[2H])C(C([2H])([2H])[2H])(C([2H])([2H])[2H])C5(C([2H])([2H])[2H])C([2H])([2H])[2H])c(N(c4ccccc4)c4ccccc4)c3)cc2C(C([2H])([2H])[2H])(C([2H])([2H])[2H])C1(C([2H])([2H])[2H])C([2H])([2H])[2H]. The van der Waals surface area contributed by atoms with Gasteiger partial charge in [-0.25, -0.2) is 0 Å². The zero-order chi connectivity index (χ0) is 65.4. The summed E-state index contributed by atoms with van der Waals surface area (Å²) in [5.74, 6) is 0. The normalized spacial score (nSPS) is 34.0. The summed E-state index contributed by atoms with van der Waals surface area (Å²) in [6.07, 6.45) is 0. The van der Waals surface area contributed by atoms with Gasteiger partial charge in [0.2, 0.25) is 0 Å². The molecule has 5 aromatic carbocycles. The second-order valence-electron chi connectivity index (χ2n) is 12.8. The van der Waals surface area contributed by atoms with E-state index in [1.807, 2.05) is 0 Å². The Morgan fingerprint density at radius 1 is 0.388 bits per heavy atom. The Balaban J connectivity index is 1.76. The monoisotopic (exact) mass is 682 g/mol. The topological polar surface area (TPSA) is 3.24 Å². The van der Waals surface area contributed by atoms with E-state index in [-0.39, 0.29) is 39.3 Å². The standard InChI is InChI=1S/C48H55N/c1-43(2)38-27-24-32(29-40(38)45(5,6)47(43,9)10)33-23-26-37(34-25-28-39-41(30-34)46(7,8)48(11,12)44(39,3)4)42(31-33)49(35-19-15-13-16-20-35)36-21-17-14-18-22-36/h13-31H,1-12H3/i1D3,2D3,3D3,4D3,5D3,6D3,7D3,8D3,9D3,10D3,11D3,12D3. The molecule has 1 nitrogen and oxygen atoms in total. The van der Waals surface area contributed by atoms with Crippen molar-refractivity contribution in [3.63, 3.8) is 0 Å². The first kappa shape index (κ1) is 11.5. The summed E-state index contributed by atoms with van der Waals surface area (Å²) in [6, 6.07) is 24.0. The van der Waals surface area contributed by atoms with Gasteiger partial charge in [0.1, 0.15) is 0 Å². The Hall–Kier alpha value is -4.10. The Bertz CT molecular complexity index is 3200. The van der Waals surface area contributed by atoms with E-state index in [0.29, 0.717) is 24.3 Å². The smallest absolute Gasteiger partial charge is 0.0546 e. The van der Waals surface area contributed by atoms with Gasteiger partial charge in [0.25, 0.3) is 0 Å². The minimum absolute atomic E-state index is 0.130. The lowest BCUT2D eigenvalue weighted by molar-refractivity contribution is 0.125. The van der Waals surface area contributed by atoms with Crippen LogP contribution < -0.4 is 4.90 Å². The van der Waals surface area contributed by atoms with Crippen LogP contribution in [0.2, 0.25) is 0 Å². The average molecular weight is 682 g/mol. The summed E-state index contributed by atoms with van der Waals surface area (Å²) < 4.78 is 322. The van der Waals surface area contributed by atoms with Crippen molar-refractivity contribution in [3.05, 3.63) is 138 Å². The molecule has 0 aromatic heterocycles. The largest absolute Gasteiger partial charge is 0.310 e. The molecule has 7 rings (SSSR count). The maximum Gasteiger partial charge on any atom is 0.0546 e. The molecule has 1 heteroatoms. The van der Waals surface area contributed by atoms with Gasteiger partial charge in [0.15, 0.2) is 0 Å². The molecule has 2 aliphatic carbocycles. The Kier molecular flexibility index (Phi) is 2.50. The van der Waals surface area contributed by atoms with E-state index in [4.69, 9.17) is 49.3 Å². The molecule has 0 amide bonds. The van der Waals surface area contributed by atoms with Crippen LogP contribution >= 0.6 is 0 Å². The molecule has 0 saturated carbocycles. The van der Waals surface area contributed by atoms with Crippen LogP contribution in [0.15, 0.2) is 115 Å². The van der Waals surface area contributed by atoms with Crippen LogP contribution in [0.3, 0.4) is 0 Å². The van der Waals surface area contributed by atoms with Crippen molar-refractivity contribution in [2.24, 2.45) is 10.8 Å². The first-order chi connectivity index (χ1) is 37.9. The average Bonchev–Trinajstić information content (AvgIpc) is 1.49. The predicted molar refractivity (Wildman–Crippen MR) is 212 cm³/mol. The molecule has 0 fully saturated rings. The summed E-state index contributed by atoms with van der Waals surface area (Å²) >= 11 is 0. The third-order valence-corrected chi connectivity index (χ3v) is 9.82. The lowest BCUT2D eigenvalue weighted by Crippen LogP contribution is -2.42. The number of para-hydroxylation sites is 2. The summed E-state index contributed by atoms with van der Waals surface area (Å²) in [5, 5.41) is 0. The van der Waals surface area contributed by atoms with E-state index < -0.39 is 137 Å². The molecule has 0 spiro atoms. The molecule has 2 aliphatic rings. The third-order valence-electron chi connectivity index (χ3n) is 9.82. The number of benzene rings is 5. The molecule has 0 aliphatic heterocycles. The highest BCUT2D eigenvalue weighted by Crippen LogP contribution is 2.63. The zero-order valence-electron chi connectivity index (χ0n) is 61.9. The van der Waals surface area contributed by atoms with Gasteiger partial charge >= 0.3 is 0 Å². The van der Waals surface area contributed by atoms with Crippen molar-refractivity contribution in [2.45, 2.75) is 104 Å². The van der Waals surface area contributed by atoms with Crippen molar-refractivity contribution in [1.29, 1.82) is 0 Å². The summed E-state index contributed by atoms with van der Waals surface area (Å²) in [7, 11) is 0. The molecular weight excluding hydrogens is 591 g/mol. The third kappa shape index (κ3) is 4.50. The molecular formula is C48H55N. The molecule has 0 saturated heterocycles. The number of hydrogen-bond acceptors (Lipinski definition) is 1. The van der Waals surface area contributed by atoms with Gasteiger partial charge < -0.3 is 4.90 Å². The fourth-order valence-electron chi connectivity index (χ4n) is 6.80. The van der Waals surface area contributed by atoms with E-state index in [0.717, 1.165) is 12.1 Å². The van der Waals surface area contributed by atoms with Crippen LogP contribution in [0.25, 0.3) is 22.3 Å². The van der Waals surface area contributed by atoms with Crippen molar-refractivity contribution in [3.8, 4) is 22.3 Å². The molecule has 0 atom stereocenters. The second-order valence-corrected chi connectivity index (χ2v) is 12.8. The number of rotatable bonds is 5. The summed E-state index contributed by atoms with van der Waals surface area (Å²) in [6.45, 7) is -53.5. The first-order valence-corrected chi connectivity index (χ1v) is 15.2. The minimum atomic E-state index is -4.75. The van der Waals surface area contributed by atoms with Crippen LogP contribution in [0, 0.1) is 10.8 Å². The maximum atomic E-state index is 9.04. The van der Waals surface area contributed by atoms with Gasteiger partial charge in [-0.1, -0.05) is 167 Å². The zero-order valence-corrected chi connectivity index (χ0v) is 25.9. The summed E-state index contributed by atoms with van der Waals surface area (Å²) in [5.41, 5.74) is -32.9. The second kappa shape index (κ2) is 10.7. The molecule has 0 unspecified atom stereocenters. The van der Waals surface area contributed by atoms with E-state index in [1.165, 1.54) is 23.1 Å². The van der Waals surface area contributed by atoms with E-state index in [1.54, 1.807) is 60.7 Å². The molecule has 0 heterocycles. The Morgan fingerprint density at radius 3 is 1.27 bits per heavy atom. The minimum Gasteiger partial charge on any atom is -0.310 e. The fourth-order valence-corrected chi connectivity index (χ4v) is 6.80. The highest BCUT2D eigenvalue weighted by molar-refractivity contribution is 5.91. The van der Waals surface area contributed by atoms with Crippen LogP contribution in [0.1, 0.15) is 154 Å². The number of hydrogen-bond donors (Lipinski definition) is 0. The lowest BCUT2D eigenvalue weighted by Gasteiger charge is -2.44. The van der Waals surface area contributed by atoms with E-state index >= 15 is 0 Å². The number of fused-ring (bicyclic) bond motifs is 2. The Morgan fingerprint density at radius 2 is 0.796 bits per heavy atom. The number of anilines is 3. The van der Waals surface area contributed by atoms with E-state index in [9.17, 15) is 0 Å². The quantitative estimate of drug-likeness (QED) is 0.178. The van der Waals surface area contributed by atoms with Gasteiger partial charge in [-0.3, -0.25) is 0 Å². The number of nitrogens with zero attached hydrogens (tertiary/aromatic N) is 1. The molecule has 49 heavy (non-hydrogen) atoms. The highest BCUT2D eigenvalue weighted by Gasteiger charge is 2.57. The molecule has 0 bridgehead atoms. The van der Waals surface area contributed by atoms with E-state index in [2.05, 4.69) is 0 Å². The van der Waals surface area contributed by atoms with Gasteiger partial charge in [0.05, 0.1) is 5.69 Å². The molecule has 252 valence electrons. The Labute approximate surface area is 347 Å². The van der Waals surface area contributed by atoms with Gasteiger partial charge in [-0.15, -0.1) is 0 Å². The van der Waals surface area contributed by atoms with Crippen molar-refractivity contribution in [1.82, 2.24) is 0 Å².